The molecule has 0 aromatic heterocycles. The van der Waals surface area contributed by atoms with E-state index in [4.69, 9.17) is 5.73 Å². The molecule has 0 aliphatic heterocycles. The molecule has 0 bridgehead atoms. The molecule has 1 saturated carbocycles. The number of hydrogen-bond donors (Lipinski definition) is 2. The van der Waals surface area contributed by atoms with E-state index in [0.717, 1.165) is 19.3 Å². The van der Waals surface area contributed by atoms with Crippen LogP contribution in [-0.4, -0.2) is 18.0 Å². The molecule has 1 fully saturated rings. The molecular weight excluding hydrogens is 200 g/mol. The van der Waals surface area contributed by atoms with Crippen LogP contribution in [0.5, 0.6) is 0 Å². The average molecular weight is 226 g/mol. The number of nitrogens with one attached hydrogen (secondary N) is 1. The quantitative estimate of drug-likeness (QED) is 0.771. The summed E-state index contributed by atoms with van der Waals surface area (Å²) >= 11 is 0. The molecule has 1 unspecified atom stereocenters. The van der Waals surface area contributed by atoms with E-state index < -0.39 is 0 Å². The Labute approximate surface area is 99.2 Å². The summed E-state index contributed by atoms with van der Waals surface area (Å²) in [7, 11) is 0. The summed E-state index contributed by atoms with van der Waals surface area (Å²) < 4.78 is 0. The highest BCUT2D eigenvalue weighted by atomic mass is 16.2. The molecule has 1 aliphatic rings. The standard InChI is InChI=1S/C13H26N2O/c1-9(2)7-11(14)12(16)15-10-5-6-13(3,4)8-10/h9-11H,5-8,14H2,1-4H3,(H,15,16)/t10?,11-/m1/s1. The van der Waals surface area contributed by atoms with Gasteiger partial charge in [0.25, 0.3) is 0 Å². The topological polar surface area (TPSA) is 55.1 Å². The van der Waals surface area contributed by atoms with Crippen LogP contribution in [-0.2, 0) is 4.79 Å². The molecule has 1 rings (SSSR count). The highest BCUT2D eigenvalue weighted by Gasteiger charge is 2.32. The maximum Gasteiger partial charge on any atom is 0.237 e. The summed E-state index contributed by atoms with van der Waals surface area (Å²) in [5, 5.41) is 3.08. The van der Waals surface area contributed by atoms with Crippen molar-refractivity contribution in [3.05, 3.63) is 0 Å². The van der Waals surface area contributed by atoms with E-state index in [2.05, 4.69) is 33.0 Å². The molecule has 0 aromatic carbocycles. The fourth-order valence-corrected chi connectivity index (χ4v) is 2.48. The van der Waals surface area contributed by atoms with Crippen molar-refractivity contribution in [1.82, 2.24) is 5.32 Å². The van der Waals surface area contributed by atoms with Gasteiger partial charge >= 0.3 is 0 Å². The highest BCUT2D eigenvalue weighted by molar-refractivity contribution is 5.81. The molecule has 3 heteroatoms. The minimum atomic E-state index is -0.344. The smallest absolute Gasteiger partial charge is 0.237 e. The molecule has 0 heterocycles. The minimum Gasteiger partial charge on any atom is -0.352 e. The number of hydrogen-bond acceptors (Lipinski definition) is 2. The van der Waals surface area contributed by atoms with Crippen LogP contribution in [0.1, 0.15) is 53.4 Å². The Morgan fingerprint density at radius 3 is 2.56 bits per heavy atom. The number of rotatable bonds is 4. The molecule has 2 atom stereocenters. The SMILES string of the molecule is CC(C)C[C@@H](N)C(=O)NC1CCC(C)(C)C1. The zero-order chi connectivity index (χ0) is 12.3. The van der Waals surface area contributed by atoms with Gasteiger partial charge in [0.1, 0.15) is 0 Å². The second kappa shape index (κ2) is 5.17. The van der Waals surface area contributed by atoms with E-state index in [0.29, 0.717) is 17.4 Å². The van der Waals surface area contributed by atoms with Crippen molar-refractivity contribution in [2.75, 3.05) is 0 Å². The van der Waals surface area contributed by atoms with Gasteiger partial charge in [-0.1, -0.05) is 27.7 Å². The molecular formula is C13H26N2O. The van der Waals surface area contributed by atoms with Gasteiger partial charge in [-0.15, -0.1) is 0 Å². The van der Waals surface area contributed by atoms with Gasteiger partial charge < -0.3 is 11.1 Å². The number of amides is 1. The molecule has 0 radical (unpaired) electrons. The van der Waals surface area contributed by atoms with Gasteiger partial charge in [-0.3, -0.25) is 4.79 Å². The molecule has 16 heavy (non-hydrogen) atoms. The predicted molar refractivity (Wildman–Crippen MR) is 67.0 cm³/mol. The minimum absolute atomic E-state index is 0.0244. The summed E-state index contributed by atoms with van der Waals surface area (Å²) in [5.41, 5.74) is 6.23. The summed E-state index contributed by atoms with van der Waals surface area (Å²) in [6.07, 6.45) is 4.12. The zero-order valence-corrected chi connectivity index (χ0v) is 11.0. The first-order valence-electron chi connectivity index (χ1n) is 6.36. The lowest BCUT2D eigenvalue weighted by atomic mass is 9.92. The van der Waals surface area contributed by atoms with Crippen molar-refractivity contribution in [2.24, 2.45) is 17.1 Å². The van der Waals surface area contributed by atoms with Crippen LogP contribution < -0.4 is 11.1 Å². The normalized spacial score (nSPS) is 25.8. The van der Waals surface area contributed by atoms with Gasteiger partial charge in [0.2, 0.25) is 5.91 Å². The molecule has 1 amide bonds. The summed E-state index contributed by atoms with van der Waals surface area (Å²) in [4.78, 5) is 11.8. The van der Waals surface area contributed by atoms with E-state index in [9.17, 15) is 4.79 Å². The molecule has 3 nitrogen and oxygen atoms in total. The molecule has 3 N–H and O–H groups in total. The fraction of sp³-hybridized carbons (Fsp3) is 0.923. The summed E-state index contributed by atoms with van der Waals surface area (Å²) in [6, 6.07) is -0.00979. The third kappa shape index (κ3) is 4.12. The Balaban J connectivity index is 2.35. The number of carbonyl (C=O) groups is 1. The van der Waals surface area contributed by atoms with Crippen LogP contribution in [0.25, 0.3) is 0 Å². The van der Waals surface area contributed by atoms with E-state index >= 15 is 0 Å². The monoisotopic (exact) mass is 226 g/mol. The first kappa shape index (κ1) is 13.5. The van der Waals surface area contributed by atoms with Gasteiger partial charge in [-0.2, -0.15) is 0 Å². The third-order valence-corrected chi connectivity index (χ3v) is 3.38. The van der Waals surface area contributed by atoms with E-state index in [1.807, 2.05) is 0 Å². The van der Waals surface area contributed by atoms with Crippen molar-refractivity contribution in [3.63, 3.8) is 0 Å². The first-order chi connectivity index (χ1) is 7.30. The Morgan fingerprint density at radius 1 is 1.50 bits per heavy atom. The summed E-state index contributed by atoms with van der Waals surface area (Å²) in [5.74, 6) is 0.497. The number of nitrogens with two attached hydrogens (primary N) is 1. The first-order valence-corrected chi connectivity index (χ1v) is 6.36. The molecule has 1 aliphatic carbocycles. The van der Waals surface area contributed by atoms with Crippen molar-refractivity contribution in [3.8, 4) is 0 Å². The van der Waals surface area contributed by atoms with Gasteiger partial charge in [0.15, 0.2) is 0 Å². The lowest BCUT2D eigenvalue weighted by molar-refractivity contribution is -0.123. The van der Waals surface area contributed by atoms with Crippen LogP contribution in [0, 0.1) is 11.3 Å². The van der Waals surface area contributed by atoms with Crippen LogP contribution in [0.4, 0.5) is 0 Å². The lowest BCUT2D eigenvalue weighted by Crippen LogP contribution is -2.45. The van der Waals surface area contributed by atoms with Crippen molar-refractivity contribution >= 4 is 5.91 Å². The second-order valence-corrected chi connectivity index (χ2v) is 6.35. The Hall–Kier alpha value is -0.570. The maximum atomic E-state index is 11.8. The van der Waals surface area contributed by atoms with Gasteiger partial charge in [-0.05, 0) is 37.0 Å². The van der Waals surface area contributed by atoms with Crippen LogP contribution in [0.15, 0.2) is 0 Å². The zero-order valence-electron chi connectivity index (χ0n) is 11.0. The van der Waals surface area contributed by atoms with Crippen LogP contribution >= 0.6 is 0 Å². The van der Waals surface area contributed by atoms with Gasteiger partial charge in [0, 0.05) is 6.04 Å². The van der Waals surface area contributed by atoms with Gasteiger partial charge in [-0.25, -0.2) is 0 Å². The van der Waals surface area contributed by atoms with Crippen molar-refractivity contribution < 1.29 is 4.79 Å². The van der Waals surface area contributed by atoms with Gasteiger partial charge in [0.05, 0.1) is 6.04 Å². The van der Waals surface area contributed by atoms with Crippen molar-refractivity contribution in [1.29, 1.82) is 0 Å². The Morgan fingerprint density at radius 2 is 2.12 bits per heavy atom. The average Bonchev–Trinajstić information content (AvgIpc) is 2.44. The molecule has 0 spiro atoms. The fourth-order valence-electron chi connectivity index (χ4n) is 2.48. The molecule has 0 saturated heterocycles. The van der Waals surface area contributed by atoms with E-state index in [1.165, 1.54) is 6.42 Å². The summed E-state index contributed by atoms with van der Waals surface area (Å²) in [6.45, 7) is 8.69. The van der Waals surface area contributed by atoms with E-state index in [1.54, 1.807) is 0 Å². The van der Waals surface area contributed by atoms with Crippen molar-refractivity contribution in [2.45, 2.75) is 65.5 Å². The maximum absolute atomic E-state index is 11.8. The molecule has 0 aromatic rings. The second-order valence-electron chi connectivity index (χ2n) is 6.35. The Bertz CT molecular complexity index is 248. The Kier molecular flexibility index (Phi) is 4.36. The largest absolute Gasteiger partial charge is 0.352 e. The van der Waals surface area contributed by atoms with E-state index in [-0.39, 0.29) is 11.9 Å². The highest BCUT2D eigenvalue weighted by Crippen LogP contribution is 2.36. The molecule has 94 valence electrons. The van der Waals surface area contributed by atoms with Crippen LogP contribution in [0.2, 0.25) is 0 Å². The number of carbonyl (C=O) groups excluding carboxylic acids is 1. The predicted octanol–water partition coefficient (Wildman–Crippen LogP) is 2.05. The van der Waals surface area contributed by atoms with Crippen LogP contribution in [0.3, 0.4) is 0 Å². The lowest BCUT2D eigenvalue weighted by Gasteiger charge is -2.20. The third-order valence-electron chi connectivity index (χ3n) is 3.38.